The van der Waals surface area contributed by atoms with Gasteiger partial charge in [0.1, 0.15) is 0 Å². The molecule has 0 aliphatic heterocycles. The van der Waals surface area contributed by atoms with Crippen molar-refractivity contribution in [1.82, 2.24) is 0 Å². The Morgan fingerprint density at radius 1 is 1.54 bits per heavy atom. The Morgan fingerprint density at radius 3 is 2.77 bits per heavy atom. The first-order valence-corrected chi connectivity index (χ1v) is 4.48. The van der Waals surface area contributed by atoms with E-state index in [1.54, 1.807) is 6.08 Å². The predicted octanol–water partition coefficient (Wildman–Crippen LogP) is 1.72. The van der Waals surface area contributed by atoms with Crippen LogP contribution in [0.2, 0.25) is 0 Å². The lowest BCUT2D eigenvalue weighted by Crippen LogP contribution is -2.17. The molecule has 0 aromatic heterocycles. The van der Waals surface area contributed by atoms with Crippen LogP contribution in [0.4, 0.5) is 0 Å². The second-order valence-electron chi connectivity index (χ2n) is 2.81. The summed E-state index contributed by atoms with van der Waals surface area (Å²) in [5.74, 6) is -1.19. The smallest absolute Gasteiger partial charge is 0.332 e. The maximum atomic E-state index is 10.2. The average molecular weight is 184 g/mol. The van der Waals surface area contributed by atoms with Crippen LogP contribution in [0.15, 0.2) is 17.9 Å². The highest BCUT2D eigenvalue weighted by Crippen LogP contribution is 1.95. The van der Waals surface area contributed by atoms with Gasteiger partial charge in [-0.25, -0.2) is 4.79 Å². The van der Waals surface area contributed by atoms with Crippen molar-refractivity contribution in [2.75, 3.05) is 0 Å². The van der Waals surface area contributed by atoms with E-state index in [0.717, 1.165) is 19.3 Å². The lowest BCUT2D eigenvalue weighted by molar-refractivity contribution is -0.146. The number of aliphatic hydroxyl groups excluding tert-OH is 1. The first-order chi connectivity index (χ1) is 6.18. The number of unbranched alkanes of at least 4 members (excludes halogenated alkanes) is 2. The second kappa shape index (κ2) is 7.59. The van der Waals surface area contributed by atoms with Gasteiger partial charge < -0.3 is 10.2 Å². The summed E-state index contributed by atoms with van der Waals surface area (Å²) in [5.41, 5.74) is 2.83. The van der Waals surface area contributed by atoms with Gasteiger partial charge in [-0.3, -0.25) is 0 Å². The number of aliphatic carboxylic acids is 1. The van der Waals surface area contributed by atoms with Gasteiger partial charge in [0.15, 0.2) is 6.10 Å². The third kappa shape index (κ3) is 7.32. The van der Waals surface area contributed by atoms with Gasteiger partial charge in [0.2, 0.25) is 0 Å². The van der Waals surface area contributed by atoms with E-state index in [2.05, 4.69) is 12.7 Å². The van der Waals surface area contributed by atoms with Gasteiger partial charge in [-0.05, 0) is 25.0 Å². The van der Waals surface area contributed by atoms with E-state index in [1.807, 2.05) is 6.08 Å². The highest BCUT2D eigenvalue weighted by atomic mass is 16.4. The number of hydrogen-bond acceptors (Lipinski definition) is 2. The summed E-state index contributed by atoms with van der Waals surface area (Å²) in [4.78, 5) is 10.2. The van der Waals surface area contributed by atoms with Crippen molar-refractivity contribution < 1.29 is 15.0 Å². The molecule has 2 N–H and O–H groups in total. The maximum absolute atomic E-state index is 10.2. The third-order valence-corrected chi connectivity index (χ3v) is 1.56. The van der Waals surface area contributed by atoms with Crippen molar-refractivity contribution in [1.29, 1.82) is 0 Å². The minimum absolute atomic E-state index is 0.123. The van der Waals surface area contributed by atoms with Crippen LogP contribution >= 0.6 is 0 Å². The summed E-state index contributed by atoms with van der Waals surface area (Å²) in [5, 5.41) is 17.2. The van der Waals surface area contributed by atoms with E-state index in [9.17, 15) is 4.79 Å². The molecule has 3 heteroatoms. The third-order valence-electron chi connectivity index (χ3n) is 1.56. The van der Waals surface area contributed by atoms with Crippen LogP contribution in [0.1, 0.15) is 32.6 Å². The Labute approximate surface area is 78.4 Å². The summed E-state index contributed by atoms with van der Waals surface area (Å²) in [7, 11) is 0. The zero-order valence-corrected chi connectivity index (χ0v) is 7.86. The number of rotatable bonds is 6. The number of carboxylic acid groups (broad SMARTS) is 1. The van der Waals surface area contributed by atoms with Gasteiger partial charge >= 0.3 is 5.97 Å². The molecule has 1 unspecified atom stereocenters. The van der Waals surface area contributed by atoms with E-state index in [1.165, 1.54) is 0 Å². The molecule has 0 saturated carbocycles. The van der Waals surface area contributed by atoms with Gasteiger partial charge in [0, 0.05) is 6.42 Å². The van der Waals surface area contributed by atoms with Crippen LogP contribution in [0.3, 0.4) is 0 Å². The molecule has 0 aliphatic rings. The van der Waals surface area contributed by atoms with E-state index < -0.39 is 12.1 Å². The predicted molar refractivity (Wildman–Crippen MR) is 50.4 cm³/mol. The van der Waals surface area contributed by atoms with Crippen molar-refractivity contribution in [3.8, 4) is 0 Å². The fraction of sp³-hybridized carbons (Fsp3) is 0.600. The molecule has 0 aliphatic carbocycles. The van der Waals surface area contributed by atoms with Crippen molar-refractivity contribution in [2.45, 2.75) is 38.7 Å². The molecule has 0 aromatic carbocycles. The number of hydrogen-bond donors (Lipinski definition) is 2. The Kier molecular flexibility index (Phi) is 6.98. The number of carbonyl (C=O) groups is 1. The summed E-state index contributed by atoms with van der Waals surface area (Å²) in [6.07, 6.45) is 5.44. The maximum Gasteiger partial charge on any atom is 0.332 e. The molecule has 1 atom stereocenters. The first kappa shape index (κ1) is 11.9. The summed E-state index contributed by atoms with van der Waals surface area (Å²) >= 11 is 0. The van der Waals surface area contributed by atoms with Gasteiger partial charge in [-0.2, -0.15) is 0 Å². The molecule has 0 rings (SSSR count). The standard InChI is InChI=1S/C10H16O3/c1-2-3-4-5-6-7-8-9(11)10(12)13/h5,7,9,11H,2-4,8H2,1H3,(H,12,13). The lowest BCUT2D eigenvalue weighted by Gasteiger charge is -1.97. The van der Waals surface area contributed by atoms with Gasteiger partial charge in [0.25, 0.3) is 0 Å². The topological polar surface area (TPSA) is 57.5 Å². The van der Waals surface area contributed by atoms with Crippen molar-refractivity contribution in [3.63, 3.8) is 0 Å². The monoisotopic (exact) mass is 184 g/mol. The molecular weight excluding hydrogens is 168 g/mol. The van der Waals surface area contributed by atoms with Crippen LogP contribution < -0.4 is 0 Å². The molecule has 0 fully saturated rings. The summed E-state index contributed by atoms with van der Waals surface area (Å²) in [6, 6.07) is 0. The quantitative estimate of drug-likeness (QED) is 0.488. The molecule has 13 heavy (non-hydrogen) atoms. The van der Waals surface area contributed by atoms with Gasteiger partial charge in [-0.15, -0.1) is 5.73 Å². The van der Waals surface area contributed by atoms with E-state index in [0.29, 0.717) is 0 Å². The Balaban J connectivity index is 3.61. The summed E-state index contributed by atoms with van der Waals surface area (Å²) in [6.45, 7) is 2.10. The molecule has 0 bridgehead atoms. The fourth-order valence-electron chi connectivity index (χ4n) is 0.753. The largest absolute Gasteiger partial charge is 0.479 e. The first-order valence-electron chi connectivity index (χ1n) is 4.48. The van der Waals surface area contributed by atoms with Gasteiger partial charge in [0.05, 0.1) is 0 Å². The Morgan fingerprint density at radius 2 is 2.23 bits per heavy atom. The van der Waals surface area contributed by atoms with Crippen LogP contribution in [0.5, 0.6) is 0 Å². The molecular formula is C10H16O3. The lowest BCUT2D eigenvalue weighted by atomic mass is 10.2. The molecule has 0 aromatic rings. The molecule has 0 spiro atoms. The molecule has 0 radical (unpaired) electrons. The van der Waals surface area contributed by atoms with Gasteiger partial charge in [-0.1, -0.05) is 13.3 Å². The highest BCUT2D eigenvalue weighted by Gasteiger charge is 2.09. The fourth-order valence-corrected chi connectivity index (χ4v) is 0.753. The molecule has 0 heterocycles. The van der Waals surface area contributed by atoms with E-state index in [4.69, 9.17) is 10.2 Å². The van der Waals surface area contributed by atoms with E-state index >= 15 is 0 Å². The van der Waals surface area contributed by atoms with Crippen LogP contribution in [-0.2, 0) is 4.79 Å². The van der Waals surface area contributed by atoms with Crippen LogP contribution in [0, 0.1) is 0 Å². The molecule has 3 nitrogen and oxygen atoms in total. The Bertz CT molecular complexity index is 202. The average Bonchev–Trinajstić information content (AvgIpc) is 2.10. The van der Waals surface area contributed by atoms with Crippen molar-refractivity contribution in [2.24, 2.45) is 0 Å². The number of aliphatic hydroxyl groups is 1. The number of carboxylic acids is 1. The minimum Gasteiger partial charge on any atom is -0.479 e. The molecule has 0 amide bonds. The minimum atomic E-state index is -1.30. The second-order valence-corrected chi connectivity index (χ2v) is 2.81. The van der Waals surface area contributed by atoms with Crippen LogP contribution in [-0.4, -0.2) is 22.3 Å². The van der Waals surface area contributed by atoms with E-state index in [-0.39, 0.29) is 6.42 Å². The zero-order valence-electron chi connectivity index (χ0n) is 7.86. The molecule has 0 saturated heterocycles. The normalized spacial score (nSPS) is 11.5. The summed E-state index contributed by atoms with van der Waals surface area (Å²) < 4.78 is 0. The van der Waals surface area contributed by atoms with Crippen molar-refractivity contribution >= 4 is 5.97 Å². The molecule has 74 valence electrons. The van der Waals surface area contributed by atoms with Crippen molar-refractivity contribution in [3.05, 3.63) is 17.9 Å². The SMILES string of the molecule is CCCCC=C=CCC(O)C(=O)O. The Hall–Kier alpha value is -1.05. The highest BCUT2D eigenvalue weighted by molar-refractivity contribution is 5.72. The zero-order chi connectivity index (χ0) is 10.1. The van der Waals surface area contributed by atoms with Crippen LogP contribution in [0.25, 0.3) is 0 Å².